The van der Waals surface area contributed by atoms with Crippen LogP contribution in [0.1, 0.15) is 128 Å². The minimum absolute atomic E-state index is 0.260. The van der Waals surface area contributed by atoms with Crippen LogP contribution < -0.4 is 0 Å². The molecule has 33 heavy (non-hydrogen) atoms. The summed E-state index contributed by atoms with van der Waals surface area (Å²) in [6.45, 7) is 6.01. The van der Waals surface area contributed by atoms with Gasteiger partial charge in [0.2, 0.25) is 0 Å². The average molecular weight is 456 g/mol. The van der Waals surface area contributed by atoms with Crippen molar-refractivity contribution in [2.45, 2.75) is 129 Å². The third-order valence-corrected chi connectivity index (χ3v) is 7.56. The molecule has 0 radical (unpaired) electrons. The molecule has 2 heteroatoms. The summed E-state index contributed by atoms with van der Waals surface area (Å²) in [5.41, 5.74) is 1.18. The third-order valence-electron chi connectivity index (χ3n) is 7.56. The van der Waals surface area contributed by atoms with Crippen LogP contribution in [0, 0.1) is 5.92 Å². The van der Waals surface area contributed by atoms with Crippen LogP contribution in [0.5, 0.6) is 0 Å². The summed E-state index contributed by atoms with van der Waals surface area (Å²) in [5.74, 6) is 0.736. The molecule has 0 aliphatic carbocycles. The first-order valence-electron chi connectivity index (χ1n) is 14.6. The summed E-state index contributed by atoms with van der Waals surface area (Å²) in [6.07, 6.45) is 24.6. The third kappa shape index (κ3) is 14.0. The molecule has 0 N–H and O–H groups in total. The average Bonchev–Trinajstić information content (AvgIpc) is 3.11. The Hall–Kier alpha value is -1.15. The number of likely N-dealkylation sites (tertiary alicyclic amines) is 1. The van der Waals surface area contributed by atoms with E-state index in [0.717, 1.165) is 12.8 Å². The summed E-state index contributed by atoms with van der Waals surface area (Å²) in [7, 11) is 0. The SMILES string of the molecule is CCCCCCCCCCCCCC(CCCN1CCCCCC1)C(=O)Cc1ccccc1. The number of nitrogens with zero attached hydrogens (tertiary/aromatic N) is 1. The van der Waals surface area contributed by atoms with Crippen molar-refractivity contribution >= 4 is 5.78 Å². The first-order chi connectivity index (χ1) is 16.3. The predicted octanol–water partition coefficient (Wildman–Crippen LogP) is 8.77. The number of hydrogen-bond donors (Lipinski definition) is 0. The van der Waals surface area contributed by atoms with Gasteiger partial charge in [0.1, 0.15) is 5.78 Å². The van der Waals surface area contributed by atoms with Crippen LogP contribution in [0.2, 0.25) is 0 Å². The standard InChI is InChI=1S/C31H53NO/c1-2-3-4-5-6-7-8-9-10-11-17-23-30(31(33)28-29-21-15-14-16-22-29)24-20-27-32-25-18-12-13-19-26-32/h14-16,21-22,30H,2-13,17-20,23-28H2,1H3. The van der Waals surface area contributed by atoms with Gasteiger partial charge in [0.15, 0.2) is 0 Å². The maximum absolute atomic E-state index is 13.1. The molecule has 1 aromatic rings. The number of hydrogen-bond acceptors (Lipinski definition) is 2. The molecule has 1 aliphatic rings. The highest BCUT2D eigenvalue weighted by Crippen LogP contribution is 2.21. The van der Waals surface area contributed by atoms with Crippen molar-refractivity contribution in [1.29, 1.82) is 0 Å². The zero-order valence-corrected chi connectivity index (χ0v) is 21.9. The lowest BCUT2D eigenvalue weighted by Crippen LogP contribution is -2.27. The molecule has 0 spiro atoms. The number of Topliss-reactive ketones (excluding diaryl/α,β-unsaturated/α-hetero) is 1. The smallest absolute Gasteiger partial charge is 0.140 e. The second kappa shape index (κ2) is 19.2. The van der Waals surface area contributed by atoms with E-state index in [1.165, 1.54) is 128 Å². The first-order valence-corrected chi connectivity index (χ1v) is 14.6. The van der Waals surface area contributed by atoms with Crippen LogP contribution in [0.25, 0.3) is 0 Å². The first kappa shape index (κ1) is 28.1. The molecular weight excluding hydrogens is 402 g/mol. The van der Waals surface area contributed by atoms with Crippen LogP contribution >= 0.6 is 0 Å². The van der Waals surface area contributed by atoms with E-state index in [-0.39, 0.29) is 5.92 Å². The minimum atomic E-state index is 0.260. The van der Waals surface area contributed by atoms with Crippen molar-refractivity contribution in [3.63, 3.8) is 0 Å². The summed E-state index contributed by atoms with van der Waals surface area (Å²) in [6, 6.07) is 10.4. The maximum Gasteiger partial charge on any atom is 0.140 e. The van der Waals surface area contributed by atoms with E-state index in [4.69, 9.17) is 0 Å². The van der Waals surface area contributed by atoms with Crippen LogP contribution in [0.3, 0.4) is 0 Å². The topological polar surface area (TPSA) is 20.3 Å². The van der Waals surface area contributed by atoms with Gasteiger partial charge in [-0.2, -0.15) is 0 Å². The second-order valence-electron chi connectivity index (χ2n) is 10.5. The molecule has 1 heterocycles. The molecule has 1 saturated heterocycles. The summed E-state index contributed by atoms with van der Waals surface area (Å²) in [5, 5.41) is 0. The maximum atomic E-state index is 13.1. The molecule has 2 nitrogen and oxygen atoms in total. The zero-order valence-electron chi connectivity index (χ0n) is 21.9. The van der Waals surface area contributed by atoms with Crippen LogP contribution in [0.15, 0.2) is 30.3 Å². The molecule has 2 rings (SSSR count). The van der Waals surface area contributed by atoms with Gasteiger partial charge < -0.3 is 4.90 Å². The molecule has 0 amide bonds. The largest absolute Gasteiger partial charge is 0.303 e. The van der Waals surface area contributed by atoms with E-state index >= 15 is 0 Å². The van der Waals surface area contributed by atoms with Crippen molar-refractivity contribution in [2.75, 3.05) is 19.6 Å². The van der Waals surface area contributed by atoms with Crippen LogP contribution in [-0.4, -0.2) is 30.3 Å². The van der Waals surface area contributed by atoms with Crippen LogP contribution in [-0.2, 0) is 11.2 Å². The molecule has 1 aromatic carbocycles. The summed E-state index contributed by atoms with van der Waals surface area (Å²) < 4.78 is 0. The molecule has 1 atom stereocenters. The Labute approximate surface area is 205 Å². The Morgan fingerprint density at radius 2 is 1.27 bits per heavy atom. The zero-order chi connectivity index (χ0) is 23.4. The number of carbonyl (C=O) groups is 1. The lowest BCUT2D eigenvalue weighted by Gasteiger charge is -2.22. The van der Waals surface area contributed by atoms with Gasteiger partial charge in [0, 0.05) is 12.3 Å². The molecule has 188 valence electrons. The highest BCUT2D eigenvalue weighted by Gasteiger charge is 2.19. The number of ketones is 1. The molecule has 1 fully saturated rings. The normalized spacial score (nSPS) is 15.9. The lowest BCUT2D eigenvalue weighted by molar-refractivity contribution is -0.122. The van der Waals surface area contributed by atoms with E-state index in [1.54, 1.807) is 0 Å². The minimum Gasteiger partial charge on any atom is -0.303 e. The molecule has 1 aliphatic heterocycles. The van der Waals surface area contributed by atoms with Gasteiger partial charge in [0.05, 0.1) is 0 Å². The van der Waals surface area contributed by atoms with Crippen molar-refractivity contribution in [3.8, 4) is 0 Å². The highest BCUT2D eigenvalue weighted by atomic mass is 16.1. The van der Waals surface area contributed by atoms with Gasteiger partial charge in [-0.05, 0) is 57.3 Å². The second-order valence-corrected chi connectivity index (χ2v) is 10.5. The van der Waals surface area contributed by atoms with Crippen molar-refractivity contribution in [3.05, 3.63) is 35.9 Å². The number of unbranched alkanes of at least 4 members (excludes halogenated alkanes) is 10. The lowest BCUT2D eigenvalue weighted by atomic mass is 9.88. The molecule has 0 saturated carbocycles. The van der Waals surface area contributed by atoms with Crippen molar-refractivity contribution in [2.24, 2.45) is 5.92 Å². The Bertz CT molecular complexity index is 576. The van der Waals surface area contributed by atoms with E-state index in [1.807, 2.05) is 6.07 Å². The van der Waals surface area contributed by atoms with E-state index in [0.29, 0.717) is 12.2 Å². The van der Waals surface area contributed by atoms with E-state index in [2.05, 4.69) is 36.1 Å². The van der Waals surface area contributed by atoms with Gasteiger partial charge >= 0.3 is 0 Å². The van der Waals surface area contributed by atoms with Gasteiger partial charge in [-0.25, -0.2) is 0 Å². The molecule has 0 bridgehead atoms. The molecular formula is C31H53NO. The Kier molecular flexibility index (Phi) is 16.3. The number of benzene rings is 1. The van der Waals surface area contributed by atoms with Crippen molar-refractivity contribution < 1.29 is 4.79 Å². The highest BCUT2D eigenvalue weighted by molar-refractivity contribution is 5.83. The molecule has 1 unspecified atom stereocenters. The van der Waals surface area contributed by atoms with Crippen LogP contribution in [0.4, 0.5) is 0 Å². The number of rotatable bonds is 19. The van der Waals surface area contributed by atoms with Gasteiger partial charge in [-0.15, -0.1) is 0 Å². The fourth-order valence-corrected chi connectivity index (χ4v) is 5.38. The fraction of sp³-hybridized carbons (Fsp3) is 0.774. The Morgan fingerprint density at radius 1 is 0.727 bits per heavy atom. The predicted molar refractivity (Wildman–Crippen MR) is 144 cm³/mol. The van der Waals surface area contributed by atoms with E-state index < -0.39 is 0 Å². The van der Waals surface area contributed by atoms with Gasteiger partial charge in [-0.3, -0.25) is 4.79 Å². The Morgan fingerprint density at radius 3 is 1.88 bits per heavy atom. The fourth-order valence-electron chi connectivity index (χ4n) is 5.38. The quantitative estimate of drug-likeness (QED) is 0.194. The number of carbonyl (C=O) groups excluding carboxylic acids is 1. The van der Waals surface area contributed by atoms with E-state index in [9.17, 15) is 4.79 Å². The Balaban J connectivity index is 1.65. The molecule has 0 aromatic heterocycles. The van der Waals surface area contributed by atoms with Gasteiger partial charge in [0.25, 0.3) is 0 Å². The summed E-state index contributed by atoms with van der Waals surface area (Å²) in [4.78, 5) is 15.8. The van der Waals surface area contributed by atoms with Gasteiger partial charge in [-0.1, -0.05) is 121 Å². The van der Waals surface area contributed by atoms with Crippen molar-refractivity contribution in [1.82, 2.24) is 4.90 Å². The monoisotopic (exact) mass is 455 g/mol. The summed E-state index contributed by atoms with van der Waals surface area (Å²) >= 11 is 0.